The summed E-state index contributed by atoms with van der Waals surface area (Å²) in [4.78, 5) is 24.0. The van der Waals surface area contributed by atoms with Gasteiger partial charge in [-0.15, -0.1) is 0 Å². The molecule has 1 aromatic carbocycles. The molecule has 3 rings (SSSR count). The fourth-order valence-corrected chi connectivity index (χ4v) is 3.60. The lowest BCUT2D eigenvalue weighted by molar-refractivity contribution is -0.299. The topological polar surface area (TPSA) is 172 Å². The SMILES string of the molecule is CC(C)=C[C@@H]1OC(=O)C(=CCO[C@@H]2O[C@@H](COC(=O)C=Cc3ccc(O)cc3)[C@@H](O)[C@@H](O)[C@@H]2O)[C@@H]1O. The number of cyclic esters (lactones) is 1. The lowest BCUT2D eigenvalue weighted by Gasteiger charge is -2.39. The van der Waals surface area contributed by atoms with E-state index >= 15 is 0 Å². The van der Waals surface area contributed by atoms with Gasteiger partial charge in [0.05, 0.1) is 12.2 Å². The van der Waals surface area contributed by atoms with E-state index in [1.807, 2.05) is 0 Å². The first-order valence-electron chi connectivity index (χ1n) is 11.3. The number of phenolic OH excluding ortho intramolecular Hbond substituents is 1. The molecule has 0 unspecified atom stereocenters. The molecule has 7 atom stereocenters. The van der Waals surface area contributed by atoms with Crippen LogP contribution in [0.1, 0.15) is 19.4 Å². The third-order valence-electron chi connectivity index (χ3n) is 5.53. The van der Waals surface area contributed by atoms with E-state index in [-0.39, 0.29) is 17.9 Å². The monoisotopic (exact) mass is 506 g/mol. The number of benzene rings is 1. The highest BCUT2D eigenvalue weighted by Gasteiger charge is 2.45. The van der Waals surface area contributed by atoms with E-state index in [1.54, 1.807) is 32.1 Å². The minimum Gasteiger partial charge on any atom is -0.508 e. The van der Waals surface area contributed by atoms with Crippen LogP contribution < -0.4 is 0 Å². The number of phenols is 1. The fraction of sp³-hybridized carbons (Fsp3) is 0.440. The molecular formula is C25H30O11. The number of carbonyl (C=O) groups is 2. The minimum absolute atomic E-state index is 0.0192. The molecule has 2 aliphatic heterocycles. The van der Waals surface area contributed by atoms with Gasteiger partial charge in [0.15, 0.2) is 12.4 Å². The molecule has 0 amide bonds. The van der Waals surface area contributed by atoms with Crippen molar-refractivity contribution in [2.24, 2.45) is 0 Å². The predicted molar refractivity (Wildman–Crippen MR) is 124 cm³/mol. The van der Waals surface area contributed by atoms with Gasteiger partial charge in [-0.05, 0) is 49.8 Å². The third kappa shape index (κ3) is 7.00. The van der Waals surface area contributed by atoms with Crippen LogP contribution in [0.25, 0.3) is 6.08 Å². The molecule has 11 heteroatoms. The van der Waals surface area contributed by atoms with Crippen molar-refractivity contribution in [2.45, 2.75) is 56.8 Å². The van der Waals surface area contributed by atoms with Gasteiger partial charge in [-0.25, -0.2) is 9.59 Å². The zero-order valence-corrected chi connectivity index (χ0v) is 19.8. The first-order chi connectivity index (χ1) is 17.1. The lowest BCUT2D eigenvalue weighted by atomic mass is 9.99. The molecule has 2 heterocycles. The first-order valence-corrected chi connectivity index (χ1v) is 11.3. The van der Waals surface area contributed by atoms with Crippen molar-refractivity contribution in [3.63, 3.8) is 0 Å². The normalized spacial score (nSPS) is 31.4. The number of ether oxygens (including phenoxy) is 4. The summed E-state index contributed by atoms with van der Waals surface area (Å²) in [5, 5.41) is 50.2. The maximum absolute atomic E-state index is 12.0. The van der Waals surface area contributed by atoms with Gasteiger partial charge in [0.1, 0.15) is 42.9 Å². The number of aromatic hydroxyl groups is 1. The number of aliphatic hydroxyl groups is 4. The largest absolute Gasteiger partial charge is 0.508 e. The highest BCUT2D eigenvalue weighted by Crippen LogP contribution is 2.25. The predicted octanol–water partition coefficient (Wildman–Crippen LogP) is -0.0483. The number of carbonyl (C=O) groups excluding carboxylic acids is 2. The van der Waals surface area contributed by atoms with E-state index in [1.165, 1.54) is 24.3 Å². The third-order valence-corrected chi connectivity index (χ3v) is 5.53. The molecule has 1 aromatic rings. The smallest absolute Gasteiger partial charge is 0.337 e. The molecule has 0 aliphatic carbocycles. The molecule has 0 bridgehead atoms. The van der Waals surface area contributed by atoms with E-state index in [9.17, 15) is 35.1 Å². The van der Waals surface area contributed by atoms with Crippen LogP contribution >= 0.6 is 0 Å². The summed E-state index contributed by atoms with van der Waals surface area (Å²) in [6, 6.07) is 6.10. The van der Waals surface area contributed by atoms with Gasteiger partial charge in [0.25, 0.3) is 0 Å². The summed E-state index contributed by atoms with van der Waals surface area (Å²) in [5.41, 5.74) is 1.48. The molecule has 0 radical (unpaired) electrons. The Bertz CT molecular complexity index is 1010. The van der Waals surface area contributed by atoms with Crippen molar-refractivity contribution in [1.82, 2.24) is 0 Å². The van der Waals surface area contributed by atoms with Gasteiger partial charge < -0.3 is 44.5 Å². The van der Waals surface area contributed by atoms with E-state index in [0.717, 1.165) is 11.6 Å². The second-order valence-corrected chi connectivity index (χ2v) is 8.62. The molecule has 2 aliphatic rings. The molecule has 5 N–H and O–H groups in total. The highest BCUT2D eigenvalue weighted by atomic mass is 16.7. The van der Waals surface area contributed by atoms with Crippen LogP contribution in [0.15, 0.2) is 53.6 Å². The Morgan fingerprint density at radius 1 is 1.06 bits per heavy atom. The number of hydrogen-bond acceptors (Lipinski definition) is 11. The Hall–Kier alpha value is -3.06. The summed E-state index contributed by atoms with van der Waals surface area (Å²) in [5.74, 6) is -1.38. The zero-order chi connectivity index (χ0) is 26.4. The van der Waals surface area contributed by atoms with Crippen molar-refractivity contribution in [3.05, 3.63) is 59.2 Å². The second-order valence-electron chi connectivity index (χ2n) is 8.62. The van der Waals surface area contributed by atoms with Crippen LogP contribution in [0, 0.1) is 0 Å². The van der Waals surface area contributed by atoms with Gasteiger partial charge in [0.2, 0.25) is 0 Å². The van der Waals surface area contributed by atoms with Crippen molar-refractivity contribution in [2.75, 3.05) is 13.2 Å². The molecule has 11 nitrogen and oxygen atoms in total. The standard InChI is InChI=1S/C25H30O11/c1-13(2)11-17-20(28)16(24(32)35-17)9-10-33-25-23(31)22(30)21(29)18(36-25)12-34-19(27)8-5-14-3-6-15(26)7-4-14/h3-9,11,17-18,20-23,25-26,28-31H,10,12H2,1-2H3/t17-,18-,20-,21+,22+,23-,25+/m0/s1. The van der Waals surface area contributed by atoms with Crippen molar-refractivity contribution in [3.8, 4) is 5.75 Å². The Morgan fingerprint density at radius 3 is 2.42 bits per heavy atom. The summed E-state index contributed by atoms with van der Waals surface area (Å²) < 4.78 is 21.1. The van der Waals surface area contributed by atoms with Crippen LogP contribution in [0.5, 0.6) is 5.75 Å². The first kappa shape index (κ1) is 27.5. The molecule has 196 valence electrons. The molecule has 0 spiro atoms. The minimum atomic E-state index is -1.66. The Morgan fingerprint density at radius 2 is 1.75 bits per heavy atom. The number of allylic oxidation sites excluding steroid dienone is 1. The van der Waals surface area contributed by atoms with Crippen molar-refractivity contribution >= 4 is 18.0 Å². The van der Waals surface area contributed by atoms with E-state index in [2.05, 4.69) is 0 Å². The van der Waals surface area contributed by atoms with Crippen LogP contribution in [0.3, 0.4) is 0 Å². The molecule has 2 saturated heterocycles. The van der Waals surface area contributed by atoms with Gasteiger partial charge in [0, 0.05) is 6.08 Å². The van der Waals surface area contributed by atoms with Crippen LogP contribution in [0.2, 0.25) is 0 Å². The van der Waals surface area contributed by atoms with E-state index in [0.29, 0.717) is 5.56 Å². The molecule has 0 aromatic heterocycles. The molecular weight excluding hydrogens is 476 g/mol. The average Bonchev–Trinajstić information content (AvgIpc) is 3.09. The summed E-state index contributed by atoms with van der Waals surface area (Å²) in [6.45, 7) is 2.87. The average molecular weight is 507 g/mol. The quantitative estimate of drug-likeness (QED) is 0.182. The van der Waals surface area contributed by atoms with Gasteiger partial charge >= 0.3 is 11.9 Å². The maximum Gasteiger partial charge on any atom is 0.337 e. The van der Waals surface area contributed by atoms with Gasteiger partial charge in [-0.3, -0.25) is 0 Å². The van der Waals surface area contributed by atoms with Crippen LogP contribution in [-0.2, 0) is 28.5 Å². The number of rotatable bonds is 8. The van der Waals surface area contributed by atoms with Gasteiger partial charge in [-0.1, -0.05) is 17.7 Å². The fourth-order valence-electron chi connectivity index (χ4n) is 3.60. The Labute approximate surface area is 207 Å². The zero-order valence-electron chi connectivity index (χ0n) is 19.8. The van der Waals surface area contributed by atoms with Crippen molar-refractivity contribution < 1.29 is 54.1 Å². The lowest BCUT2D eigenvalue weighted by Crippen LogP contribution is -2.59. The summed E-state index contributed by atoms with van der Waals surface area (Å²) >= 11 is 0. The number of esters is 2. The molecule has 2 fully saturated rings. The second kappa shape index (κ2) is 12.3. The van der Waals surface area contributed by atoms with Gasteiger partial charge in [-0.2, -0.15) is 0 Å². The van der Waals surface area contributed by atoms with E-state index in [4.69, 9.17) is 18.9 Å². The molecule has 0 saturated carbocycles. The van der Waals surface area contributed by atoms with Crippen molar-refractivity contribution in [1.29, 1.82) is 0 Å². The number of hydrogen-bond donors (Lipinski definition) is 5. The Balaban J connectivity index is 1.55. The summed E-state index contributed by atoms with van der Waals surface area (Å²) in [6.07, 6.45) is -3.99. The number of aliphatic hydroxyl groups excluding tert-OH is 4. The van der Waals surface area contributed by atoms with Crippen LogP contribution in [0.4, 0.5) is 0 Å². The Kier molecular flexibility index (Phi) is 9.37. The molecule has 36 heavy (non-hydrogen) atoms. The summed E-state index contributed by atoms with van der Waals surface area (Å²) in [7, 11) is 0. The van der Waals surface area contributed by atoms with E-state index < -0.39 is 61.5 Å². The highest BCUT2D eigenvalue weighted by molar-refractivity contribution is 5.92. The maximum atomic E-state index is 12.0. The van der Waals surface area contributed by atoms with Crippen LogP contribution in [-0.4, -0.2) is 93.6 Å².